The van der Waals surface area contributed by atoms with Gasteiger partial charge in [0.25, 0.3) is 0 Å². The molecule has 1 aromatic heterocycles. The van der Waals surface area contributed by atoms with Crippen LogP contribution in [-0.4, -0.2) is 49.2 Å². The molecule has 0 spiro atoms. The van der Waals surface area contributed by atoms with E-state index in [4.69, 9.17) is 5.10 Å². The number of hydrogen-bond acceptors (Lipinski definition) is 5. The van der Waals surface area contributed by atoms with Crippen LogP contribution in [0.1, 0.15) is 69.7 Å². The highest BCUT2D eigenvalue weighted by Gasteiger charge is 2.68. The second kappa shape index (κ2) is 8.11. The topological polar surface area (TPSA) is 95.6 Å². The van der Waals surface area contributed by atoms with E-state index in [2.05, 4.69) is 50.4 Å². The molecule has 6 heteroatoms. The number of ketones is 1. The molecule has 0 bridgehead atoms. The van der Waals surface area contributed by atoms with Crippen LogP contribution < -0.4 is 0 Å². The van der Waals surface area contributed by atoms with E-state index in [1.807, 2.05) is 11.6 Å². The van der Waals surface area contributed by atoms with Crippen LogP contribution in [0, 0.1) is 28.6 Å². The van der Waals surface area contributed by atoms with E-state index in [-0.39, 0.29) is 23.2 Å². The van der Waals surface area contributed by atoms with E-state index in [0.29, 0.717) is 12.8 Å². The smallest absolute Gasteiger partial charge is 0.190 e. The Bertz CT molecular complexity index is 1230. The van der Waals surface area contributed by atoms with Gasteiger partial charge in [0.1, 0.15) is 12.2 Å². The van der Waals surface area contributed by atoms with Crippen LogP contribution in [0.2, 0.25) is 0 Å². The van der Waals surface area contributed by atoms with Gasteiger partial charge in [-0.15, -0.1) is 0 Å². The van der Waals surface area contributed by atoms with Crippen molar-refractivity contribution < 1.29 is 20.1 Å². The van der Waals surface area contributed by atoms with Crippen LogP contribution >= 0.6 is 0 Å². The second-order valence-corrected chi connectivity index (χ2v) is 12.3. The first-order valence-electron chi connectivity index (χ1n) is 13.6. The van der Waals surface area contributed by atoms with Crippen molar-refractivity contribution in [3.8, 4) is 5.69 Å². The van der Waals surface area contributed by atoms with Gasteiger partial charge >= 0.3 is 0 Å². The Morgan fingerprint density at radius 2 is 1.94 bits per heavy atom. The summed E-state index contributed by atoms with van der Waals surface area (Å²) in [4.78, 5) is 12.6. The minimum atomic E-state index is -1.55. The summed E-state index contributed by atoms with van der Waals surface area (Å²) >= 11 is 0. The molecule has 3 N–H and O–H groups in total. The van der Waals surface area contributed by atoms with Crippen LogP contribution in [-0.2, 0) is 17.6 Å². The first-order chi connectivity index (χ1) is 17.1. The fourth-order valence-corrected chi connectivity index (χ4v) is 8.79. The van der Waals surface area contributed by atoms with Gasteiger partial charge in [-0.1, -0.05) is 38.5 Å². The summed E-state index contributed by atoms with van der Waals surface area (Å²) in [6.45, 7) is 5.78. The number of carbonyl (C=O) groups excluding carboxylic acids is 1. The number of Topliss-reactive ketones (excluding diaryl/α,β-unsaturated/α-hetero) is 1. The Morgan fingerprint density at radius 1 is 1.19 bits per heavy atom. The highest BCUT2D eigenvalue weighted by atomic mass is 16.3. The Balaban J connectivity index is 1.33. The number of allylic oxidation sites excluding steroid dienone is 1. The third kappa shape index (κ3) is 3.13. The van der Waals surface area contributed by atoms with Crippen LogP contribution in [0.5, 0.6) is 0 Å². The van der Waals surface area contributed by atoms with Crippen LogP contribution in [0.4, 0.5) is 0 Å². The van der Waals surface area contributed by atoms with Gasteiger partial charge in [0.15, 0.2) is 5.78 Å². The molecule has 0 aliphatic heterocycles. The summed E-state index contributed by atoms with van der Waals surface area (Å²) in [6, 6.07) is 8.55. The zero-order valence-electron chi connectivity index (χ0n) is 21.6. The maximum absolute atomic E-state index is 12.6. The number of hydrogen-bond donors (Lipinski definition) is 3. The predicted molar refractivity (Wildman–Crippen MR) is 137 cm³/mol. The fourth-order valence-electron chi connectivity index (χ4n) is 8.79. The lowest BCUT2D eigenvalue weighted by Crippen LogP contribution is -2.62. The first-order valence-corrected chi connectivity index (χ1v) is 13.6. The summed E-state index contributed by atoms with van der Waals surface area (Å²) in [6.07, 6.45) is 9.05. The zero-order valence-corrected chi connectivity index (χ0v) is 21.6. The Morgan fingerprint density at radius 3 is 2.64 bits per heavy atom. The van der Waals surface area contributed by atoms with Crippen molar-refractivity contribution in [2.45, 2.75) is 77.4 Å². The van der Waals surface area contributed by atoms with E-state index in [9.17, 15) is 20.1 Å². The molecule has 0 radical (unpaired) electrons. The van der Waals surface area contributed by atoms with Crippen molar-refractivity contribution in [3.63, 3.8) is 0 Å². The molecule has 0 amide bonds. The average Bonchev–Trinajstić information content (AvgIpc) is 3.39. The molecule has 0 unspecified atom stereocenters. The van der Waals surface area contributed by atoms with Gasteiger partial charge in [-0.25, -0.2) is 4.68 Å². The van der Waals surface area contributed by atoms with Gasteiger partial charge in [-0.2, -0.15) is 5.10 Å². The molecule has 4 aliphatic carbocycles. The van der Waals surface area contributed by atoms with Gasteiger partial charge in [-0.05, 0) is 97.5 Å². The van der Waals surface area contributed by atoms with Crippen molar-refractivity contribution in [2.75, 3.05) is 6.61 Å². The van der Waals surface area contributed by atoms with E-state index >= 15 is 0 Å². The summed E-state index contributed by atoms with van der Waals surface area (Å²) in [5, 5.41) is 37.6. The predicted octanol–water partition coefficient (Wildman–Crippen LogP) is 3.88. The lowest BCUT2D eigenvalue weighted by atomic mass is 9.45. The molecule has 7 atom stereocenters. The summed E-state index contributed by atoms with van der Waals surface area (Å²) in [5.41, 5.74) is 3.52. The number of aliphatic hydroxyl groups is 3. The number of aliphatic hydroxyl groups excluding tert-OH is 2. The molecule has 36 heavy (non-hydrogen) atoms. The van der Waals surface area contributed by atoms with Crippen molar-refractivity contribution in [1.29, 1.82) is 0 Å². The van der Waals surface area contributed by atoms with Crippen molar-refractivity contribution in [3.05, 3.63) is 52.9 Å². The number of carbonyl (C=O) groups is 1. The molecule has 3 fully saturated rings. The maximum Gasteiger partial charge on any atom is 0.190 e. The van der Waals surface area contributed by atoms with Crippen LogP contribution in [0.25, 0.3) is 11.8 Å². The lowest BCUT2D eigenvalue weighted by molar-refractivity contribution is -0.181. The second-order valence-electron chi connectivity index (χ2n) is 12.3. The van der Waals surface area contributed by atoms with Crippen molar-refractivity contribution >= 4 is 11.9 Å². The third-order valence-corrected chi connectivity index (χ3v) is 10.7. The van der Waals surface area contributed by atoms with Crippen LogP contribution in [0.15, 0.2) is 36.0 Å². The third-order valence-electron chi connectivity index (χ3n) is 10.7. The number of rotatable bonds is 4. The SMILES string of the molecule is CCc1ccc(-n2cc3c(n2)C=C2CC[C@@H]4[C@H]([C@@H](O)C[C@@]5(C)[C@H]4CC[C@]5(O)C(=O)CO)[C@@]2(C)C3)cc1. The molecular formula is C30H38N2O4. The average molecular weight is 491 g/mol. The minimum Gasteiger partial charge on any atom is -0.393 e. The molecule has 6 rings (SSSR count). The number of fused-ring (bicyclic) bond motifs is 6. The number of aryl methyl sites for hydroxylation is 1. The molecule has 1 aromatic carbocycles. The van der Waals surface area contributed by atoms with Crippen molar-refractivity contribution in [1.82, 2.24) is 9.78 Å². The van der Waals surface area contributed by atoms with Gasteiger partial charge < -0.3 is 15.3 Å². The maximum atomic E-state index is 12.6. The highest BCUT2D eigenvalue weighted by Crippen LogP contribution is 2.67. The zero-order chi connectivity index (χ0) is 25.5. The number of nitrogens with zero attached hydrogens (tertiary/aromatic N) is 2. The van der Waals surface area contributed by atoms with Gasteiger partial charge in [0, 0.05) is 11.6 Å². The quantitative estimate of drug-likeness (QED) is 0.605. The molecule has 3 saturated carbocycles. The molecule has 4 aliphatic rings. The summed E-state index contributed by atoms with van der Waals surface area (Å²) in [7, 11) is 0. The molecule has 1 heterocycles. The first kappa shape index (κ1) is 24.1. The Hall–Kier alpha value is -2.28. The molecule has 0 saturated heterocycles. The summed E-state index contributed by atoms with van der Waals surface area (Å²) in [5.74, 6) is -0.0319. The monoisotopic (exact) mass is 490 g/mol. The number of benzene rings is 1. The lowest BCUT2D eigenvalue weighted by Gasteiger charge is -2.60. The van der Waals surface area contributed by atoms with Crippen molar-refractivity contribution in [2.24, 2.45) is 28.6 Å². The highest BCUT2D eigenvalue weighted by molar-refractivity contribution is 5.89. The van der Waals surface area contributed by atoms with Gasteiger partial charge in [-0.3, -0.25) is 4.79 Å². The van der Waals surface area contributed by atoms with E-state index in [1.165, 1.54) is 16.7 Å². The molecular weight excluding hydrogens is 452 g/mol. The molecule has 192 valence electrons. The van der Waals surface area contributed by atoms with E-state index in [0.717, 1.165) is 43.5 Å². The Kier molecular flexibility index (Phi) is 5.42. The molecule has 6 nitrogen and oxygen atoms in total. The van der Waals surface area contributed by atoms with Gasteiger partial charge in [0.05, 0.1) is 17.5 Å². The molecule has 2 aromatic rings. The minimum absolute atomic E-state index is 0.0718. The number of aromatic nitrogens is 2. The largest absolute Gasteiger partial charge is 0.393 e. The van der Waals surface area contributed by atoms with Crippen LogP contribution in [0.3, 0.4) is 0 Å². The standard InChI is InChI=1S/C30H38N2O4/c1-4-18-5-8-21(9-6-18)32-16-19-14-28(2)20(13-24(19)31-32)7-10-22-23-11-12-30(36,26(35)17-33)29(23,3)15-25(34)27(22)28/h5-6,8-9,13,16,22-23,25,27,33-34,36H,4,7,10-12,14-15,17H2,1-3H3/t22-,23-,25-,27+,28-,29-,30-/m0/s1. The Labute approximate surface area is 213 Å². The summed E-state index contributed by atoms with van der Waals surface area (Å²) < 4.78 is 1.98. The van der Waals surface area contributed by atoms with E-state index < -0.39 is 29.5 Å². The normalized spacial score (nSPS) is 39.0. The van der Waals surface area contributed by atoms with E-state index in [1.54, 1.807) is 0 Å². The fraction of sp³-hybridized carbons (Fsp3) is 0.600. The van der Waals surface area contributed by atoms with Gasteiger partial charge in [0.2, 0.25) is 0 Å².